The van der Waals surface area contributed by atoms with Crippen molar-refractivity contribution in [2.24, 2.45) is 0 Å². The average Bonchev–Trinajstić information content (AvgIpc) is 2.47. The minimum atomic E-state index is 0.0598. The molecule has 4 heteroatoms. The molecule has 21 heavy (non-hydrogen) atoms. The number of hydrogen-bond donors (Lipinski definition) is 1. The van der Waals surface area contributed by atoms with Gasteiger partial charge in [0, 0.05) is 9.50 Å². The Morgan fingerprint density at radius 1 is 1.24 bits per heavy atom. The fourth-order valence-corrected chi connectivity index (χ4v) is 3.03. The summed E-state index contributed by atoms with van der Waals surface area (Å²) in [6, 6.07) is 12.2. The van der Waals surface area contributed by atoms with Gasteiger partial charge in [-0.3, -0.25) is 0 Å². The van der Waals surface area contributed by atoms with Crippen molar-refractivity contribution < 1.29 is 4.74 Å². The quantitative estimate of drug-likeness (QED) is 0.791. The molecule has 0 fully saturated rings. The van der Waals surface area contributed by atoms with Gasteiger partial charge in [0.05, 0.1) is 13.2 Å². The van der Waals surface area contributed by atoms with Crippen LogP contribution < -0.4 is 10.1 Å². The number of nitrogens with one attached hydrogen (secondary N) is 1. The molecular weight excluding hydrogens is 350 g/mol. The fourth-order valence-electron chi connectivity index (χ4n) is 2.43. The molecule has 0 heterocycles. The van der Waals surface area contributed by atoms with Gasteiger partial charge >= 0.3 is 0 Å². The van der Waals surface area contributed by atoms with Gasteiger partial charge in [-0.1, -0.05) is 46.6 Å². The molecule has 1 unspecified atom stereocenters. The molecule has 2 rings (SSSR count). The van der Waals surface area contributed by atoms with Crippen LogP contribution in [0.1, 0.15) is 29.7 Å². The SMILES string of the molecule is CCNC(c1ccc(OC)c(C)c1)c1cc(Br)ccc1Cl. The lowest BCUT2D eigenvalue weighted by Gasteiger charge is -2.21. The van der Waals surface area contributed by atoms with Crippen LogP contribution >= 0.6 is 27.5 Å². The predicted octanol–water partition coefficient (Wildman–Crippen LogP) is 5.12. The molecule has 0 spiro atoms. The Morgan fingerprint density at radius 2 is 2.00 bits per heavy atom. The van der Waals surface area contributed by atoms with Gasteiger partial charge in [-0.15, -0.1) is 0 Å². The van der Waals surface area contributed by atoms with E-state index >= 15 is 0 Å². The lowest BCUT2D eigenvalue weighted by molar-refractivity contribution is 0.411. The van der Waals surface area contributed by atoms with Gasteiger partial charge < -0.3 is 10.1 Å². The van der Waals surface area contributed by atoms with Crippen molar-refractivity contribution in [1.82, 2.24) is 5.32 Å². The van der Waals surface area contributed by atoms with E-state index < -0.39 is 0 Å². The maximum atomic E-state index is 6.39. The molecule has 0 saturated heterocycles. The van der Waals surface area contributed by atoms with Crippen molar-refractivity contribution in [3.05, 3.63) is 62.6 Å². The third kappa shape index (κ3) is 3.79. The van der Waals surface area contributed by atoms with Crippen LogP contribution in [-0.2, 0) is 0 Å². The summed E-state index contributed by atoms with van der Waals surface area (Å²) in [5.41, 5.74) is 3.36. The van der Waals surface area contributed by atoms with E-state index in [-0.39, 0.29) is 6.04 Å². The summed E-state index contributed by atoms with van der Waals surface area (Å²) in [5.74, 6) is 0.898. The first kappa shape index (κ1) is 16.3. The topological polar surface area (TPSA) is 21.3 Å². The maximum Gasteiger partial charge on any atom is 0.121 e. The first-order chi connectivity index (χ1) is 10.1. The Labute approximate surface area is 139 Å². The van der Waals surface area contributed by atoms with Crippen molar-refractivity contribution in [2.75, 3.05) is 13.7 Å². The summed E-state index contributed by atoms with van der Waals surface area (Å²) in [7, 11) is 1.69. The number of ether oxygens (including phenoxy) is 1. The minimum absolute atomic E-state index is 0.0598. The van der Waals surface area contributed by atoms with Crippen LogP contribution in [0, 0.1) is 6.92 Å². The highest BCUT2D eigenvalue weighted by atomic mass is 79.9. The van der Waals surface area contributed by atoms with E-state index in [1.165, 1.54) is 5.56 Å². The van der Waals surface area contributed by atoms with Gasteiger partial charge in [-0.2, -0.15) is 0 Å². The lowest BCUT2D eigenvalue weighted by Crippen LogP contribution is -2.22. The molecule has 112 valence electrons. The highest BCUT2D eigenvalue weighted by Gasteiger charge is 2.17. The molecule has 0 aromatic heterocycles. The number of aryl methyl sites for hydroxylation is 1. The first-order valence-corrected chi connectivity index (χ1v) is 8.06. The van der Waals surface area contributed by atoms with Gasteiger partial charge in [-0.25, -0.2) is 0 Å². The molecule has 1 N–H and O–H groups in total. The Hall–Kier alpha value is -1.03. The molecule has 0 radical (unpaired) electrons. The molecule has 0 saturated carbocycles. The molecule has 0 aliphatic heterocycles. The maximum absolute atomic E-state index is 6.39. The van der Waals surface area contributed by atoms with Crippen LogP contribution in [0.5, 0.6) is 5.75 Å². The van der Waals surface area contributed by atoms with Crippen molar-refractivity contribution in [2.45, 2.75) is 19.9 Å². The second-order valence-corrected chi connectivity index (χ2v) is 6.21. The highest BCUT2D eigenvalue weighted by Crippen LogP contribution is 2.32. The third-order valence-corrected chi connectivity index (χ3v) is 4.27. The number of benzene rings is 2. The first-order valence-electron chi connectivity index (χ1n) is 6.89. The summed E-state index contributed by atoms with van der Waals surface area (Å²) in [4.78, 5) is 0. The zero-order valence-electron chi connectivity index (χ0n) is 12.4. The predicted molar refractivity (Wildman–Crippen MR) is 92.4 cm³/mol. The molecule has 0 aliphatic carbocycles. The van der Waals surface area contributed by atoms with Gasteiger partial charge in [0.2, 0.25) is 0 Å². The van der Waals surface area contributed by atoms with Crippen LogP contribution in [0.3, 0.4) is 0 Å². The summed E-state index contributed by atoms with van der Waals surface area (Å²) < 4.78 is 6.36. The van der Waals surface area contributed by atoms with Gasteiger partial charge in [0.25, 0.3) is 0 Å². The summed E-state index contributed by atoms with van der Waals surface area (Å²) in [6.07, 6.45) is 0. The Kier molecular flexibility index (Phi) is 5.68. The molecular formula is C17H19BrClNO. The largest absolute Gasteiger partial charge is 0.496 e. The minimum Gasteiger partial charge on any atom is -0.496 e. The second-order valence-electron chi connectivity index (χ2n) is 4.89. The fraction of sp³-hybridized carbons (Fsp3) is 0.294. The summed E-state index contributed by atoms with van der Waals surface area (Å²) in [5, 5.41) is 4.26. The Bertz CT molecular complexity index is 630. The third-order valence-electron chi connectivity index (χ3n) is 3.43. The standard InChI is InChI=1S/C17H19BrClNO/c1-4-20-17(14-10-13(18)6-7-15(14)19)12-5-8-16(21-3)11(2)9-12/h5-10,17,20H,4H2,1-3H3. The smallest absolute Gasteiger partial charge is 0.121 e. The summed E-state index contributed by atoms with van der Waals surface area (Å²) >= 11 is 9.91. The van der Waals surface area contributed by atoms with Crippen molar-refractivity contribution in [1.29, 1.82) is 0 Å². The number of hydrogen-bond acceptors (Lipinski definition) is 2. The van der Waals surface area contributed by atoms with Gasteiger partial charge in [0.1, 0.15) is 5.75 Å². The summed E-state index contributed by atoms with van der Waals surface area (Å²) in [6.45, 7) is 5.00. The van der Waals surface area contributed by atoms with Crippen molar-refractivity contribution in [3.8, 4) is 5.75 Å². The highest BCUT2D eigenvalue weighted by molar-refractivity contribution is 9.10. The zero-order valence-corrected chi connectivity index (χ0v) is 14.8. The lowest BCUT2D eigenvalue weighted by atomic mass is 9.97. The molecule has 0 bridgehead atoms. The zero-order chi connectivity index (χ0) is 15.4. The monoisotopic (exact) mass is 367 g/mol. The molecule has 0 aliphatic rings. The van der Waals surface area contributed by atoms with Crippen molar-refractivity contribution >= 4 is 27.5 Å². The number of rotatable bonds is 5. The molecule has 1 atom stereocenters. The molecule has 0 amide bonds. The van der Waals surface area contributed by atoms with Crippen LogP contribution in [0.4, 0.5) is 0 Å². The second kappa shape index (κ2) is 7.30. The van der Waals surface area contributed by atoms with E-state index in [1.54, 1.807) is 7.11 Å². The van der Waals surface area contributed by atoms with Crippen LogP contribution in [0.25, 0.3) is 0 Å². The normalized spacial score (nSPS) is 12.2. The Morgan fingerprint density at radius 3 is 2.62 bits per heavy atom. The van der Waals surface area contributed by atoms with E-state index in [9.17, 15) is 0 Å². The van der Waals surface area contributed by atoms with Gasteiger partial charge in [0.15, 0.2) is 0 Å². The van der Waals surface area contributed by atoms with E-state index in [0.29, 0.717) is 0 Å². The van der Waals surface area contributed by atoms with Crippen LogP contribution in [0.15, 0.2) is 40.9 Å². The Balaban J connectivity index is 2.48. The van der Waals surface area contributed by atoms with Crippen molar-refractivity contribution in [3.63, 3.8) is 0 Å². The molecule has 2 nitrogen and oxygen atoms in total. The van der Waals surface area contributed by atoms with Crippen LogP contribution in [-0.4, -0.2) is 13.7 Å². The number of methoxy groups -OCH3 is 1. The van der Waals surface area contributed by atoms with E-state index in [0.717, 1.165) is 32.9 Å². The van der Waals surface area contributed by atoms with E-state index in [4.69, 9.17) is 16.3 Å². The average molecular weight is 369 g/mol. The van der Waals surface area contributed by atoms with Gasteiger partial charge in [-0.05, 0) is 54.4 Å². The van der Waals surface area contributed by atoms with E-state index in [2.05, 4.69) is 46.4 Å². The molecule has 2 aromatic rings. The van der Waals surface area contributed by atoms with Crippen LogP contribution in [0.2, 0.25) is 5.02 Å². The molecule has 2 aromatic carbocycles. The van der Waals surface area contributed by atoms with E-state index in [1.807, 2.05) is 25.1 Å². The number of halogens is 2.